The summed E-state index contributed by atoms with van der Waals surface area (Å²) in [4.78, 5) is 4.17. The fraction of sp³-hybridized carbons (Fsp3) is 0.333. The van der Waals surface area contributed by atoms with Gasteiger partial charge in [-0.15, -0.1) is 0 Å². The lowest BCUT2D eigenvalue weighted by Crippen LogP contribution is -2.36. The Hall–Kier alpha value is -2.50. The molecule has 0 spiro atoms. The molecular weight excluding hydrogens is 268 g/mol. The third-order valence-electron chi connectivity index (χ3n) is 2.87. The van der Waals surface area contributed by atoms with Crippen molar-refractivity contribution in [2.24, 2.45) is 4.99 Å². The van der Waals surface area contributed by atoms with E-state index in [1.54, 1.807) is 13.3 Å². The second-order valence-corrected chi connectivity index (χ2v) is 4.31. The number of hydrogen-bond acceptors (Lipinski definition) is 4. The van der Waals surface area contributed by atoms with Gasteiger partial charge in [0, 0.05) is 25.2 Å². The Morgan fingerprint density at radius 2 is 2.05 bits per heavy atom. The highest BCUT2D eigenvalue weighted by Crippen LogP contribution is 2.17. The molecule has 2 rings (SSSR count). The van der Waals surface area contributed by atoms with Gasteiger partial charge in [0.1, 0.15) is 17.7 Å². The van der Waals surface area contributed by atoms with E-state index in [-0.39, 0.29) is 0 Å². The molecule has 0 atom stereocenters. The highest BCUT2D eigenvalue weighted by atomic mass is 16.5. The molecule has 1 heterocycles. The van der Waals surface area contributed by atoms with Crippen molar-refractivity contribution in [1.29, 1.82) is 0 Å². The molecule has 6 heteroatoms. The summed E-state index contributed by atoms with van der Waals surface area (Å²) in [6, 6.07) is 9.76. The summed E-state index contributed by atoms with van der Waals surface area (Å²) in [6.07, 6.45) is 1.55. The number of rotatable bonds is 6. The fourth-order valence-corrected chi connectivity index (χ4v) is 1.85. The molecule has 0 radical (unpaired) electrons. The van der Waals surface area contributed by atoms with Gasteiger partial charge in [0.25, 0.3) is 0 Å². The van der Waals surface area contributed by atoms with Crippen molar-refractivity contribution in [3.63, 3.8) is 0 Å². The monoisotopic (exact) mass is 288 g/mol. The van der Waals surface area contributed by atoms with Crippen molar-refractivity contribution in [3.05, 3.63) is 47.9 Å². The maximum Gasteiger partial charge on any atom is 0.191 e. The summed E-state index contributed by atoms with van der Waals surface area (Å²) in [5.41, 5.74) is 1.91. The van der Waals surface area contributed by atoms with Crippen LogP contribution in [0.2, 0.25) is 0 Å². The number of nitrogens with zero attached hydrogens (tertiary/aromatic N) is 2. The molecule has 0 saturated heterocycles. The SMILES string of the molecule is CCOc1ccccc1CNC(=NC)NCc1ccon1. The molecule has 0 aliphatic heterocycles. The van der Waals surface area contributed by atoms with Crippen LogP contribution in [0.1, 0.15) is 18.2 Å². The van der Waals surface area contributed by atoms with Crippen LogP contribution in [0, 0.1) is 0 Å². The van der Waals surface area contributed by atoms with Gasteiger partial charge in [-0.2, -0.15) is 0 Å². The maximum atomic E-state index is 5.60. The highest BCUT2D eigenvalue weighted by molar-refractivity contribution is 5.79. The Morgan fingerprint density at radius 3 is 2.76 bits per heavy atom. The number of hydrogen-bond donors (Lipinski definition) is 2. The second kappa shape index (κ2) is 7.94. The van der Waals surface area contributed by atoms with Crippen LogP contribution in [-0.4, -0.2) is 24.8 Å². The quantitative estimate of drug-likeness (QED) is 0.628. The van der Waals surface area contributed by atoms with Gasteiger partial charge >= 0.3 is 0 Å². The lowest BCUT2D eigenvalue weighted by molar-refractivity contribution is 0.336. The summed E-state index contributed by atoms with van der Waals surface area (Å²) in [5, 5.41) is 10.3. The molecule has 0 amide bonds. The van der Waals surface area contributed by atoms with Crippen LogP contribution in [0.5, 0.6) is 5.75 Å². The van der Waals surface area contributed by atoms with Crippen molar-refractivity contribution in [2.45, 2.75) is 20.0 Å². The summed E-state index contributed by atoms with van der Waals surface area (Å²) in [5.74, 6) is 1.59. The van der Waals surface area contributed by atoms with Gasteiger partial charge in [0.2, 0.25) is 0 Å². The first-order chi connectivity index (χ1) is 10.3. The predicted molar refractivity (Wildman–Crippen MR) is 81.2 cm³/mol. The highest BCUT2D eigenvalue weighted by Gasteiger charge is 2.04. The Kier molecular flexibility index (Phi) is 5.63. The number of ether oxygens (including phenoxy) is 1. The van der Waals surface area contributed by atoms with E-state index in [4.69, 9.17) is 9.26 Å². The summed E-state index contributed by atoms with van der Waals surface area (Å²) >= 11 is 0. The first-order valence-electron chi connectivity index (χ1n) is 6.88. The fourth-order valence-electron chi connectivity index (χ4n) is 1.85. The standard InChI is InChI=1S/C15H20N4O2/c1-3-20-14-7-5-4-6-12(14)10-17-15(16-2)18-11-13-8-9-21-19-13/h4-9H,3,10-11H2,1-2H3,(H2,16,17,18). The minimum Gasteiger partial charge on any atom is -0.494 e. The molecule has 6 nitrogen and oxygen atoms in total. The molecule has 0 bridgehead atoms. The molecule has 1 aromatic heterocycles. The van der Waals surface area contributed by atoms with Crippen LogP contribution in [0.4, 0.5) is 0 Å². The molecule has 112 valence electrons. The van der Waals surface area contributed by atoms with E-state index in [1.165, 1.54) is 0 Å². The molecule has 0 aliphatic rings. The minimum absolute atomic E-state index is 0.559. The van der Waals surface area contributed by atoms with Gasteiger partial charge in [0.05, 0.1) is 13.2 Å². The van der Waals surface area contributed by atoms with Crippen LogP contribution >= 0.6 is 0 Å². The molecule has 21 heavy (non-hydrogen) atoms. The zero-order valence-electron chi connectivity index (χ0n) is 12.3. The molecule has 1 aromatic carbocycles. The van der Waals surface area contributed by atoms with E-state index in [0.717, 1.165) is 17.0 Å². The Balaban J connectivity index is 1.88. The number of nitrogens with one attached hydrogen (secondary N) is 2. The normalized spacial score (nSPS) is 11.2. The smallest absolute Gasteiger partial charge is 0.191 e. The van der Waals surface area contributed by atoms with Crippen molar-refractivity contribution >= 4 is 5.96 Å². The Morgan fingerprint density at radius 1 is 1.24 bits per heavy atom. The largest absolute Gasteiger partial charge is 0.494 e. The summed E-state index contributed by atoms with van der Waals surface area (Å²) < 4.78 is 10.4. The van der Waals surface area contributed by atoms with E-state index >= 15 is 0 Å². The van der Waals surface area contributed by atoms with E-state index in [1.807, 2.05) is 37.3 Å². The van der Waals surface area contributed by atoms with Gasteiger partial charge in [-0.1, -0.05) is 23.4 Å². The van der Waals surface area contributed by atoms with Crippen molar-refractivity contribution in [3.8, 4) is 5.75 Å². The molecular formula is C15H20N4O2. The molecule has 2 N–H and O–H groups in total. The first-order valence-corrected chi connectivity index (χ1v) is 6.88. The number of aromatic nitrogens is 1. The number of para-hydroxylation sites is 1. The Labute approximate surface area is 124 Å². The van der Waals surface area contributed by atoms with E-state index < -0.39 is 0 Å². The maximum absolute atomic E-state index is 5.60. The van der Waals surface area contributed by atoms with Crippen LogP contribution in [-0.2, 0) is 13.1 Å². The average Bonchev–Trinajstić information content (AvgIpc) is 3.02. The molecule has 0 saturated carbocycles. The summed E-state index contributed by atoms with van der Waals surface area (Å²) in [6.45, 7) is 3.82. The number of guanidine groups is 1. The van der Waals surface area contributed by atoms with E-state index in [0.29, 0.717) is 25.7 Å². The molecule has 0 aliphatic carbocycles. The molecule has 2 aromatic rings. The van der Waals surface area contributed by atoms with Gasteiger partial charge in [0.15, 0.2) is 5.96 Å². The predicted octanol–water partition coefficient (Wildman–Crippen LogP) is 1.94. The van der Waals surface area contributed by atoms with Gasteiger partial charge in [-0.3, -0.25) is 4.99 Å². The zero-order valence-corrected chi connectivity index (χ0v) is 12.3. The molecule has 0 fully saturated rings. The lowest BCUT2D eigenvalue weighted by atomic mass is 10.2. The topological polar surface area (TPSA) is 71.7 Å². The van der Waals surface area contributed by atoms with E-state index in [2.05, 4.69) is 20.8 Å². The first kappa shape index (κ1) is 14.9. The van der Waals surface area contributed by atoms with Gasteiger partial charge in [-0.25, -0.2) is 0 Å². The lowest BCUT2D eigenvalue weighted by Gasteiger charge is -2.13. The van der Waals surface area contributed by atoms with Crippen molar-refractivity contribution in [2.75, 3.05) is 13.7 Å². The van der Waals surface area contributed by atoms with Crippen LogP contribution in [0.3, 0.4) is 0 Å². The Bertz CT molecular complexity index is 567. The van der Waals surface area contributed by atoms with Gasteiger partial charge < -0.3 is 19.9 Å². The van der Waals surface area contributed by atoms with E-state index in [9.17, 15) is 0 Å². The molecule has 0 unspecified atom stereocenters. The summed E-state index contributed by atoms with van der Waals surface area (Å²) in [7, 11) is 1.73. The van der Waals surface area contributed by atoms with Crippen molar-refractivity contribution in [1.82, 2.24) is 15.8 Å². The number of aliphatic imine (C=N–C) groups is 1. The van der Waals surface area contributed by atoms with Crippen LogP contribution < -0.4 is 15.4 Å². The van der Waals surface area contributed by atoms with Gasteiger partial charge in [-0.05, 0) is 13.0 Å². The average molecular weight is 288 g/mol. The third kappa shape index (κ3) is 4.52. The van der Waals surface area contributed by atoms with Crippen LogP contribution in [0.15, 0.2) is 46.1 Å². The third-order valence-corrected chi connectivity index (χ3v) is 2.87. The zero-order chi connectivity index (χ0) is 14.9. The van der Waals surface area contributed by atoms with Crippen LogP contribution in [0.25, 0.3) is 0 Å². The minimum atomic E-state index is 0.559. The second-order valence-electron chi connectivity index (χ2n) is 4.31. The number of benzene rings is 1. The van der Waals surface area contributed by atoms with Crippen molar-refractivity contribution < 1.29 is 9.26 Å².